The molecule has 19 heavy (non-hydrogen) atoms. The maximum absolute atomic E-state index is 10.9. The molecule has 0 aromatic heterocycles. The van der Waals surface area contributed by atoms with Gasteiger partial charge in [-0.1, -0.05) is 31.9 Å². The molecule has 0 heterocycles. The van der Waals surface area contributed by atoms with Crippen molar-refractivity contribution in [2.45, 2.75) is 0 Å². The lowest BCUT2D eigenvalue weighted by atomic mass is 10.3. The molecular formula is C12H9Br2N3O2. The molecule has 5 nitrogen and oxygen atoms in total. The Balaban J connectivity index is 2.15. The minimum absolute atomic E-state index is 0.000938. The molecule has 0 saturated carbocycles. The first-order valence-corrected chi connectivity index (χ1v) is 6.86. The van der Waals surface area contributed by atoms with Crippen LogP contribution in [0.5, 0.6) is 0 Å². The van der Waals surface area contributed by atoms with Crippen molar-refractivity contribution in [2.75, 3.05) is 10.9 Å². The second-order valence-electron chi connectivity index (χ2n) is 3.68. The molecule has 0 radical (unpaired) electrons. The molecule has 0 spiro atoms. The summed E-state index contributed by atoms with van der Waals surface area (Å²) in [5.41, 5.74) is 6.95. The van der Waals surface area contributed by atoms with Crippen LogP contribution in [0.3, 0.4) is 0 Å². The maximum Gasteiger partial charge on any atom is 0.295 e. The van der Waals surface area contributed by atoms with Crippen molar-refractivity contribution in [3.8, 4) is 0 Å². The summed E-state index contributed by atoms with van der Waals surface area (Å²) in [6.07, 6.45) is 0. The fraction of sp³-hybridized carbons (Fsp3) is 0. The van der Waals surface area contributed by atoms with E-state index in [-0.39, 0.29) is 5.69 Å². The molecule has 0 aliphatic carbocycles. The second kappa shape index (κ2) is 6.03. The first-order chi connectivity index (χ1) is 9.06. The quantitative estimate of drug-likeness (QED) is 0.597. The summed E-state index contributed by atoms with van der Waals surface area (Å²) >= 11 is 6.55. The molecule has 0 saturated heterocycles. The van der Waals surface area contributed by atoms with Gasteiger partial charge < -0.3 is 5.43 Å². The molecule has 7 heteroatoms. The number of halogens is 2. The SMILES string of the molecule is O=[N+]([O-])c1cc(Br)ccc1NNc1ccc(Br)cc1. The van der Waals surface area contributed by atoms with Crippen LogP contribution in [-0.4, -0.2) is 4.92 Å². The predicted molar refractivity (Wildman–Crippen MR) is 82.2 cm³/mol. The third-order valence-electron chi connectivity index (χ3n) is 2.34. The Kier molecular flexibility index (Phi) is 4.39. The molecule has 0 aliphatic heterocycles. The zero-order valence-electron chi connectivity index (χ0n) is 9.56. The van der Waals surface area contributed by atoms with Crippen LogP contribution in [0.2, 0.25) is 0 Å². The molecule has 0 unspecified atom stereocenters. The van der Waals surface area contributed by atoms with Gasteiger partial charge in [-0.15, -0.1) is 0 Å². The van der Waals surface area contributed by atoms with Gasteiger partial charge in [0.05, 0.1) is 10.6 Å². The minimum Gasteiger partial charge on any atom is -0.301 e. The highest BCUT2D eigenvalue weighted by atomic mass is 79.9. The van der Waals surface area contributed by atoms with E-state index in [1.165, 1.54) is 6.07 Å². The van der Waals surface area contributed by atoms with Gasteiger partial charge in [0.25, 0.3) is 5.69 Å². The summed E-state index contributed by atoms with van der Waals surface area (Å²) in [5, 5.41) is 10.9. The fourth-order valence-corrected chi connectivity index (χ4v) is 2.05. The molecule has 0 amide bonds. The Hall–Kier alpha value is -1.60. The highest BCUT2D eigenvalue weighted by Crippen LogP contribution is 2.28. The number of nitrogens with zero attached hydrogens (tertiary/aromatic N) is 1. The van der Waals surface area contributed by atoms with Gasteiger partial charge in [-0.05, 0) is 36.4 Å². The summed E-state index contributed by atoms with van der Waals surface area (Å²) in [6.45, 7) is 0. The summed E-state index contributed by atoms with van der Waals surface area (Å²) < 4.78 is 1.63. The van der Waals surface area contributed by atoms with Crippen molar-refractivity contribution >= 4 is 48.9 Å². The van der Waals surface area contributed by atoms with Crippen LogP contribution in [0.25, 0.3) is 0 Å². The third-order valence-corrected chi connectivity index (χ3v) is 3.36. The molecular weight excluding hydrogens is 378 g/mol. The number of benzene rings is 2. The average Bonchev–Trinajstić information content (AvgIpc) is 2.39. The van der Waals surface area contributed by atoms with Crippen molar-refractivity contribution < 1.29 is 4.92 Å². The first kappa shape index (κ1) is 13.8. The lowest BCUT2D eigenvalue weighted by molar-refractivity contribution is -0.384. The van der Waals surface area contributed by atoms with Crippen molar-refractivity contribution in [3.63, 3.8) is 0 Å². The number of hydrogen-bond acceptors (Lipinski definition) is 4. The zero-order chi connectivity index (χ0) is 13.8. The Morgan fingerprint density at radius 3 is 2.21 bits per heavy atom. The van der Waals surface area contributed by atoms with E-state index in [0.717, 1.165) is 10.2 Å². The summed E-state index contributed by atoms with van der Waals surface area (Å²) in [5.74, 6) is 0. The average molecular weight is 387 g/mol. The zero-order valence-corrected chi connectivity index (χ0v) is 12.7. The molecule has 0 atom stereocenters. The summed E-state index contributed by atoms with van der Waals surface area (Å²) in [7, 11) is 0. The Labute approximate surface area is 126 Å². The van der Waals surface area contributed by atoms with Crippen LogP contribution < -0.4 is 10.9 Å². The molecule has 0 aliphatic rings. The predicted octanol–water partition coefficient (Wildman–Crippen LogP) is 4.56. The van der Waals surface area contributed by atoms with Gasteiger partial charge in [0.2, 0.25) is 0 Å². The van der Waals surface area contributed by atoms with Gasteiger partial charge in [0.1, 0.15) is 5.69 Å². The van der Waals surface area contributed by atoms with Crippen molar-refractivity contribution in [1.82, 2.24) is 0 Å². The van der Waals surface area contributed by atoms with Gasteiger partial charge in [-0.3, -0.25) is 15.5 Å². The molecule has 98 valence electrons. The first-order valence-electron chi connectivity index (χ1n) is 5.28. The Morgan fingerprint density at radius 2 is 1.58 bits per heavy atom. The van der Waals surface area contributed by atoms with Crippen LogP contribution in [0.4, 0.5) is 17.1 Å². The van der Waals surface area contributed by atoms with Crippen molar-refractivity contribution in [3.05, 3.63) is 61.5 Å². The fourth-order valence-electron chi connectivity index (χ4n) is 1.43. The normalized spacial score (nSPS) is 10.0. The topological polar surface area (TPSA) is 67.2 Å². The van der Waals surface area contributed by atoms with E-state index in [2.05, 4.69) is 42.7 Å². The van der Waals surface area contributed by atoms with Crippen LogP contribution in [0.1, 0.15) is 0 Å². The molecule has 2 rings (SSSR count). The lowest BCUT2D eigenvalue weighted by Gasteiger charge is -2.10. The van der Waals surface area contributed by atoms with Crippen LogP contribution in [0, 0.1) is 10.1 Å². The number of nitro benzene ring substituents is 1. The van der Waals surface area contributed by atoms with E-state index in [0.29, 0.717) is 10.2 Å². The van der Waals surface area contributed by atoms with Crippen LogP contribution >= 0.6 is 31.9 Å². The van der Waals surface area contributed by atoms with Crippen molar-refractivity contribution in [2.24, 2.45) is 0 Å². The van der Waals surface area contributed by atoms with E-state index in [4.69, 9.17) is 0 Å². The van der Waals surface area contributed by atoms with Gasteiger partial charge in [0.15, 0.2) is 0 Å². The van der Waals surface area contributed by atoms with E-state index < -0.39 is 4.92 Å². The minimum atomic E-state index is -0.434. The summed E-state index contributed by atoms with van der Waals surface area (Å²) in [4.78, 5) is 10.5. The van der Waals surface area contributed by atoms with Gasteiger partial charge in [-0.2, -0.15) is 0 Å². The molecule has 2 N–H and O–H groups in total. The van der Waals surface area contributed by atoms with Crippen molar-refractivity contribution in [1.29, 1.82) is 0 Å². The number of rotatable bonds is 4. The van der Waals surface area contributed by atoms with Gasteiger partial charge >= 0.3 is 0 Å². The van der Waals surface area contributed by atoms with E-state index in [1.807, 2.05) is 24.3 Å². The standard InChI is InChI=1S/C12H9Br2N3O2/c13-8-1-4-10(5-2-8)15-16-11-6-3-9(14)7-12(11)17(18)19/h1-7,15-16H. The highest BCUT2D eigenvalue weighted by Gasteiger charge is 2.13. The monoisotopic (exact) mass is 385 g/mol. The maximum atomic E-state index is 10.9. The highest BCUT2D eigenvalue weighted by molar-refractivity contribution is 9.10. The van der Waals surface area contributed by atoms with Gasteiger partial charge in [0, 0.05) is 15.0 Å². The van der Waals surface area contributed by atoms with E-state index >= 15 is 0 Å². The number of nitro groups is 1. The molecule has 2 aromatic carbocycles. The second-order valence-corrected chi connectivity index (χ2v) is 5.51. The lowest BCUT2D eigenvalue weighted by Crippen LogP contribution is -2.10. The van der Waals surface area contributed by atoms with Crippen LogP contribution in [0.15, 0.2) is 51.4 Å². The number of anilines is 2. The summed E-state index contributed by atoms with van der Waals surface area (Å²) in [6, 6.07) is 12.3. The Morgan fingerprint density at radius 1 is 0.947 bits per heavy atom. The molecule has 2 aromatic rings. The van der Waals surface area contributed by atoms with E-state index in [1.54, 1.807) is 12.1 Å². The number of hydrogen-bond donors (Lipinski definition) is 2. The van der Waals surface area contributed by atoms with Gasteiger partial charge in [-0.25, -0.2) is 0 Å². The van der Waals surface area contributed by atoms with E-state index in [9.17, 15) is 10.1 Å². The third kappa shape index (κ3) is 3.68. The number of hydrazine groups is 1. The largest absolute Gasteiger partial charge is 0.301 e. The smallest absolute Gasteiger partial charge is 0.295 e. The molecule has 0 bridgehead atoms. The number of nitrogens with one attached hydrogen (secondary N) is 2. The van der Waals surface area contributed by atoms with Crippen LogP contribution in [-0.2, 0) is 0 Å². The Bertz CT molecular complexity index is 602. The molecule has 0 fully saturated rings.